The molecule has 146 valence electrons. The van der Waals surface area contributed by atoms with Crippen LogP contribution >= 0.6 is 0 Å². The van der Waals surface area contributed by atoms with Crippen LogP contribution < -0.4 is 10.6 Å². The fraction of sp³-hybridized carbons (Fsp3) is 0.611. The molecule has 8 heteroatoms. The smallest absolute Gasteiger partial charge is 0.396 e. The predicted octanol–water partition coefficient (Wildman–Crippen LogP) is 1.95. The highest BCUT2D eigenvalue weighted by atomic mass is 19.4. The summed E-state index contributed by atoms with van der Waals surface area (Å²) in [5, 5.41) is 16.0. The van der Waals surface area contributed by atoms with Crippen LogP contribution in [0.5, 0.6) is 0 Å². The van der Waals surface area contributed by atoms with Gasteiger partial charge in [0, 0.05) is 31.6 Å². The van der Waals surface area contributed by atoms with Crippen LogP contribution in [0.1, 0.15) is 24.8 Å². The van der Waals surface area contributed by atoms with Gasteiger partial charge >= 0.3 is 6.18 Å². The van der Waals surface area contributed by atoms with E-state index in [1.807, 2.05) is 37.3 Å². The molecule has 0 saturated carbocycles. The fourth-order valence-electron chi connectivity index (χ4n) is 3.06. The van der Waals surface area contributed by atoms with Crippen LogP contribution in [0.3, 0.4) is 0 Å². The number of hydrogen-bond donors (Lipinski definition) is 3. The predicted molar refractivity (Wildman–Crippen MR) is 96.3 cm³/mol. The molecule has 2 atom stereocenters. The third-order valence-electron chi connectivity index (χ3n) is 4.32. The average Bonchev–Trinajstić information content (AvgIpc) is 3.01. The molecule has 0 bridgehead atoms. The fourth-order valence-corrected chi connectivity index (χ4v) is 3.06. The number of guanidine groups is 1. The maximum absolute atomic E-state index is 12.5. The zero-order chi connectivity index (χ0) is 19.0. The standard InChI is InChI=1S/C18H27F3N4O/c1-2-22-17(23-10-15(12-26)14-6-4-3-5-7-14)24-16-8-9-25(11-16)13-18(19,20)21/h3-7,15-16,26H,2,8-13H2,1H3,(H2,22,23,24). The molecule has 1 fully saturated rings. The summed E-state index contributed by atoms with van der Waals surface area (Å²) < 4.78 is 37.5. The lowest BCUT2D eigenvalue weighted by atomic mass is 10.0. The summed E-state index contributed by atoms with van der Waals surface area (Å²) in [4.78, 5) is 5.92. The first-order chi connectivity index (χ1) is 12.4. The van der Waals surface area contributed by atoms with Crippen LogP contribution in [0.15, 0.2) is 35.3 Å². The second-order valence-electron chi connectivity index (χ2n) is 6.49. The van der Waals surface area contributed by atoms with Crippen molar-refractivity contribution in [2.24, 2.45) is 4.99 Å². The number of aliphatic imine (C=N–C) groups is 1. The second-order valence-corrected chi connectivity index (χ2v) is 6.49. The molecule has 1 aliphatic rings. The molecule has 26 heavy (non-hydrogen) atoms. The molecule has 2 unspecified atom stereocenters. The molecule has 0 aromatic heterocycles. The highest BCUT2D eigenvalue weighted by molar-refractivity contribution is 5.80. The van der Waals surface area contributed by atoms with Gasteiger partial charge in [0.2, 0.25) is 0 Å². The lowest BCUT2D eigenvalue weighted by molar-refractivity contribution is -0.143. The minimum atomic E-state index is -4.17. The van der Waals surface area contributed by atoms with Crippen LogP contribution in [0, 0.1) is 0 Å². The van der Waals surface area contributed by atoms with E-state index < -0.39 is 12.7 Å². The number of benzene rings is 1. The second kappa shape index (κ2) is 9.78. The number of rotatable bonds is 7. The van der Waals surface area contributed by atoms with Crippen molar-refractivity contribution in [3.05, 3.63) is 35.9 Å². The summed E-state index contributed by atoms with van der Waals surface area (Å²) in [6.45, 7) is 2.85. The summed E-state index contributed by atoms with van der Waals surface area (Å²) in [5.41, 5.74) is 1.01. The lowest BCUT2D eigenvalue weighted by Gasteiger charge is -2.20. The first kappa shape index (κ1) is 20.5. The molecule has 2 rings (SSSR count). The van der Waals surface area contributed by atoms with Crippen molar-refractivity contribution in [2.75, 3.05) is 39.3 Å². The Morgan fingerprint density at radius 3 is 2.69 bits per heavy atom. The van der Waals surface area contributed by atoms with E-state index in [9.17, 15) is 18.3 Å². The molecule has 1 saturated heterocycles. The van der Waals surface area contributed by atoms with Gasteiger partial charge in [0.1, 0.15) is 0 Å². The lowest BCUT2D eigenvalue weighted by Crippen LogP contribution is -2.45. The Morgan fingerprint density at radius 1 is 1.35 bits per heavy atom. The normalized spacial score (nSPS) is 20.2. The van der Waals surface area contributed by atoms with Crippen LogP contribution in [-0.2, 0) is 0 Å². The average molecular weight is 372 g/mol. The number of likely N-dealkylation sites (tertiary alicyclic amines) is 1. The number of nitrogens with one attached hydrogen (secondary N) is 2. The SMILES string of the molecule is CCNC(=NCC(CO)c1ccccc1)NC1CCN(CC(F)(F)F)C1. The monoisotopic (exact) mass is 372 g/mol. The molecule has 3 N–H and O–H groups in total. The van der Waals surface area contributed by atoms with Gasteiger partial charge in [0.05, 0.1) is 19.7 Å². The number of aliphatic hydroxyl groups is 1. The van der Waals surface area contributed by atoms with Gasteiger partial charge in [-0.05, 0) is 18.9 Å². The van der Waals surface area contributed by atoms with E-state index in [4.69, 9.17) is 0 Å². The molecule has 1 aromatic rings. The molecule has 1 heterocycles. The summed E-state index contributed by atoms with van der Waals surface area (Å²) >= 11 is 0. The van der Waals surface area contributed by atoms with Crippen LogP contribution in [0.4, 0.5) is 13.2 Å². The van der Waals surface area contributed by atoms with E-state index in [2.05, 4.69) is 15.6 Å². The summed E-state index contributed by atoms with van der Waals surface area (Å²) in [7, 11) is 0. The number of nitrogens with zero attached hydrogens (tertiary/aromatic N) is 2. The Hall–Kier alpha value is -1.80. The Bertz CT molecular complexity index is 565. The summed E-state index contributed by atoms with van der Waals surface area (Å²) in [6.07, 6.45) is -3.53. The first-order valence-corrected chi connectivity index (χ1v) is 8.91. The van der Waals surface area contributed by atoms with Gasteiger partial charge in [-0.2, -0.15) is 13.2 Å². The highest BCUT2D eigenvalue weighted by Crippen LogP contribution is 2.20. The molecule has 5 nitrogen and oxygen atoms in total. The third kappa shape index (κ3) is 6.84. The summed E-state index contributed by atoms with van der Waals surface area (Å²) in [5.74, 6) is 0.456. The van der Waals surface area contributed by atoms with Gasteiger partial charge < -0.3 is 15.7 Å². The van der Waals surface area contributed by atoms with Crippen molar-refractivity contribution in [2.45, 2.75) is 31.5 Å². The van der Waals surface area contributed by atoms with Crippen molar-refractivity contribution >= 4 is 5.96 Å². The third-order valence-corrected chi connectivity index (χ3v) is 4.32. The van der Waals surface area contributed by atoms with E-state index in [0.717, 1.165) is 5.56 Å². The molecule has 1 aromatic carbocycles. The van der Waals surface area contributed by atoms with Gasteiger partial charge in [-0.25, -0.2) is 0 Å². The Morgan fingerprint density at radius 2 is 2.08 bits per heavy atom. The topological polar surface area (TPSA) is 59.9 Å². The quantitative estimate of drug-likeness (QED) is 0.506. The zero-order valence-electron chi connectivity index (χ0n) is 15.0. The van der Waals surface area contributed by atoms with Crippen molar-refractivity contribution in [1.82, 2.24) is 15.5 Å². The van der Waals surface area contributed by atoms with Crippen LogP contribution in [-0.4, -0.2) is 67.5 Å². The van der Waals surface area contributed by atoms with Gasteiger partial charge in [-0.3, -0.25) is 9.89 Å². The minimum absolute atomic E-state index is 0.0181. The number of aliphatic hydroxyl groups excluding tert-OH is 1. The Kier molecular flexibility index (Phi) is 7.71. The Balaban J connectivity index is 1.92. The largest absolute Gasteiger partial charge is 0.401 e. The van der Waals surface area contributed by atoms with E-state index in [0.29, 0.717) is 38.6 Å². The molecule has 1 aliphatic heterocycles. The van der Waals surface area contributed by atoms with Gasteiger partial charge in [-0.15, -0.1) is 0 Å². The maximum Gasteiger partial charge on any atom is 0.401 e. The molecule has 0 amide bonds. The van der Waals surface area contributed by atoms with Crippen LogP contribution in [0.25, 0.3) is 0 Å². The zero-order valence-corrected chi connectivity index (χ0v) is 15.0. The molecule has 0 radical (unpaired) electrons. The van der Waals surface area contributed by atoms with E-state index in [1.165, 1.54) is 4.90 Å². The van der Waals surface area contributed by atoms with Crippen molar-refractivity contribution in [1.29, 1.82) is 0 Å². The number of halogens is 3. The van der Waals surface area contributed by atoms with E-state index >= 15 is 0 Å². The number of alkyl halides is 3. The highest BCUT2D eigenvalue weighted by Gasteiger charge is 2.34. The first-order valence-electron chi connectivity index (χ1n) is 8.91. The van der Waals surface area contributed by atoms with Crippen molar-refractivity contribution in [3.63, 3.8) is 0 Å². The summed E-state index contributed by atoms with van der Waals surface area (Å²) in [6, 6.07) is 9.57. The molecular formula is C18H27F3N4O. The van der Waals surface area contributed by atoms with Gasteiger partial charge in [-0.1, -0.05) is 30.3 Å². The van der Waals surface area contributed by atoms with Gasteiger partial charge in [0.25, 0.3) is 0 Å². The molecule has 0 spiro atoms. The number of hydrogen-bond acceptors (Lipinski definition) is 3. The Labute approximate surface area is 152 Å². The van der Waals surface area contributed by atoms with Gasteiger partial charge in [0.15, 0.2) is 5.96 Å². The van der Waals surface area contributed by atoms with Crippen molar-refractivity contribution in [3.8, 4) is 0 Å². The van der Waals surface area contributed by atoms with E-state index in [-0.39, 0.29) is 18.6 Å². The molecular weight excluding hydrogens is 345 g/mol. The van der Waals surface area contributed by atoms with Crippen molar-refractivity contribution < 1.29 is 18.3 Å². The minimum Gasteiger partial charge on any atom is -0.396 e. The maximum atomic E-state index is 12.5. The van der Waals surface area contributed by atoms with E-state index in [1.54, 1.807) is 0 Å². The van der Waals surface area contributed by atoms with Crippen LogP contribution in [0.2, 0.25) is 0 Å². The molecule has 0 aliphatic carbocycles.